The van der Waals surface area contributed by atoms with Crippen LogP contribution in [0.4, 0.5) is 11.4 Å². The van der Waals surface area contributed by atoms with E-state index in [0.29, 0.717) is 25.5 Å². The van der Waals surface area contributed by atoms with Crippen molar-refractivity contribution in [3.8, 4) is 0 Å². The van der Waals surface area contributed by atoms with E-state index >= 15 is 0 Å². The number of hydrogen-bond donors (Lipinski definition) is 1. The van der Waals surface area contributed by atoms with Gasteiger partial charge in [-0.05, 0) is 43.3 Å². The molecule has 1 heterocycles. The summed E-state index contributed by atoms with van der Waals surface area (Å²) >= 11 is 3.41. The SMILES string of the molecule is CCOC(=O)C(=NNc1ccc(Br)cc1)N1CCN(c2ccccc2)CC1. The second-order valence-corrected chi connectivity index (χ2v) is 7.00. The summed E-state index contributed by atoms with van der Waals surface area (Å²) in [5.74, 6) is -0.0947. The van der Waals surface area contributed by atoms with E-state index in [1.54, 1.807) is 6.92 Å². The van der Waals surface area contributed by atoms with Gasteiger partial charge in [-0.25, -0.2) is 4.79 Å². The van der Waals surface area contributed by atoms with Crippen molar-refractivity contribution < 1.29 is 9.53 Å². The van der Waals surface area contributed by atoms with Gasteiger partial charge in [0.05, 0.1) is 12.3 Å². The van der Waals surface area contributed by atoms with Crippen molar-refractivity contribution in [2.24, 2.45) is 5.10 Å². The van der Waals surface area contributed by atoms with Gasteiger partial charge in [0.2, 0.25) is 5.84 Å². The first kappa shape index (κ1) is 19.2. The fraction of sp³-hybridized carbons (Fsp3) is 0.300. The number of nitrogens with zero attached hydrogens (tertiary/aromatic N) is 3. The maximum Gasteiger partial charge on any atom is 0.375 e. The molecule has 6 nitrogen and oxygen atoms in total. The summed E-state index contributed by atoms with van der Waals surface area (Å²) in [6.07, 6.45) is 0. The zero-order valence-electron chi connectivity index (χ0n) is 15.3. The number of amidine groups is 1. The fourth-order valence-electron chi connectivity index (χ4n) is 2.90. The standard InChI is InChI=1S/C20H23BrN4O2/c1-2-27-20(26)19(23-22-17-10-8-16(21)9-11-17)25-14-12-24(13-15-25)18-6-4-3-5-7-18/h3-11,22H,2,12-15H2,1H3. The lowest BCUT2D eigenvalue weighted by molar-refractivity contribution is -0.135. The number of halogens is 1. The van der Waals surface area contributed by atoms with Crippen LogP contribution < -0.4 is 10.3 Å². The minimum atomic E-state index is -0.407. The quantitative estimate of drug-likeness (QED) is 0.347. The van der Waals surface area contributed by atoms with Gasteiger partial charge < -0.3 is 14.5 Å². The van der Waals surface area contributed by atoms with Crippen LogP contribution in [0.2, 0.25) is 0 Å². The van der Waals surface area contributed by atoms with E-state index in [9.17, 15) is 4.79 Å². The molecule has 0 atom stereocenters. The number of hydrogen-bond acceptors (Lipinski definition) is 5. The molecule has 0 unspecified atom stereocenters. The van der Waals surface area contributed by atoms with Crippen LogP contribution in [0.3, 0.4) is 0 Å². The average molecular weight is 431 g/mol. The Labute approximate surface area is 167 Å². The highest BCUT2D eigenvalue weighted by Gasteiger charge is 2.25. The lowest BCUT2D eigenvalue weighted by Gasteiger charge is -2.36. The second kappa shape index (κ2) is 9.41. The Morgan fingerprint density at radius 1 is 1.07 bits per heavy atom. The molecule has 2 aromatic carbocycles. The second-order valence-electron chi connectivity index (χ2n) is 6.08. The normalized spacial score (nSPS) is 14.8. The maximum absolute atomic E-state index is 12.4. The molecule has 1 fully saturated rings. The van der Waals surface area contributed by atoms with E-state index in [4.69, 9.17) is 4.74 Å². The fourth-order valence-corrected chi connectivity index (χ4v) is 3.16. The van der Waals surface area contributed by atoms with Crippen LogP contribution in [-0.2, 0) is 9.53 Å². The summed E-state index contributed by atoms with van der Waals surface area (Å²) in [5, 5.41) is 4.35. The number of nitrogens with one attached hydrogen (secondary N) is 1. The summed E-state index contributed by atoms with van der Waals surface area (Å²) in [6, 6.07) is 17.9. The lowest BCUT2D eigenvalue weighted by Crippen LogP contribution is -2.51. The first-order valence-corrected chi connectivity index (χ1v) is 9.78. The van der Waals surface area contributed by atoms with Crippen LogP contribution in [0, 0.1) is 0 Å². The number of rotatable bonds is 4. The Hall–Kier alpha value is -2.54. The molecule has 0 radical (unpaired) electrons. The molecule has 1 aliphatic rings. The number of esters is 1. The molecule has 0 amide bonds. The minimum Gasteiger partial charge on any atom is -0.460 e. The summed E-state index contributed by atoms with van der Waals surface area (Å²) < 4.78 is 6.19. The maximum atomic E-state index is 12.4. The number of anilines is 2. The molecule has 3 rings (SSSR count). The summed E-state index contributed by atoms with van der Waals surface area (Å²) in [5.41, 5.74) is 4.96. The molecule has 1 aliphatic heterocycles. The molecule has 1 saturated heterocycles. The van der Waals surface area contributed by atoms with Crippen LogP contribution in [0.5, 0.6) is 0 Å². The van der Waals surface area contributed by atoms with E-state index in [0.717, 1.165) is 23.2 Å². The molecular formula is C20H23BrN4O2. The van der Waals surface area contributed by atoms with Gasteiger partial charge in [-0.15, -0.1) is 5.10 Å². The van der Waals surface area contributed by atoms with E-state index in [2.05, 4.69) is 43.5 Å². The van der Waals surface area contributed by atoms with Gasteiger partial charge >= 0.3 is 5.97 Å². The Kier molecular flexibility index (Phi) is 6.70. The molecule has 142 valence electrons. The van der Waals surface area contributed by atoms with Gasteiger partial charge in [0, 0.05) is 36.3 Å². The number of carbonyl (C=O) groups is 1. The molecule has 7 heteroatoms. The van der Waals surface area contributed by atoms with Crippen LogP contribution in [0.1, 0.15) is 6.92 Å². The van der Waals surface area contributed by atoms with E-state index < -0.39 is 5.97 Å². The van der Waals surface area contributed by atoms with Crippen molar-refractivity contribution in [1.82, 2.24) is 4.90 Å². The van der Waals surface area contributed by atoms with Crippen molar-refractivity contribution in [2.75, 3.05) is 43.1 Å². The average Bonchev–Trinajstić information content (AvgIpc) is 2.71. The third-order valence-corrected chi connectivity index (χ3v) is 4.82. The molecule has 0 aliphatic carbocycles. The summed E-state index contributed by atoms with van der Waals surface area (Å²) in [7, 11) is 0. The number of hydrazone groups is 1. The van der Waals surface area contributed by atoms with Crippen LogP contribution in [0.25, 0.3) is 0 Å². The van der Waals surface area contributed by atoms with E-state index in [-0.39, 0.29) is 0 Å². The number of carbonyl (C=O) groups excluding carboxylic acids is 1. The topological polar surface area (TPSA) is 57.2 Å². The first-order valence-electron chi connectivity index (χ1n) is 8.98. The Morgan fingerprint density at radius 2 is 1.74 bits per heavy atom. The highest BCUT2D eigenvalue weighted by atomic mass is 79.9. The zero-order chi connectivity index (χ0) is 19.1. The number of para-hydroxylation sites is 1. The molecule has 0 spiro atoms. The zero-order valence-corrected chi connectivity index (χ0v) is 16.9. The predicted molar refractivity (Wildman–Crippen MR) is 112 cm³/mol. The van der Waals surface area contributed by atoms with E-state index in [1.807, 2.05) is 47.4 Å². The molecular weight excluding hydrogens is 408 g/mol. The largest absolute Gasteiger partial charge is 0.460 e. The van der Waals surface area contributed by atoms with Gasteiger partial charge in [-0.3, -0.25) is 5.43 Å². The van der Waals surface area contributed by atoms with Crippen molar-refractivity contribution >= 4 is 39.1 Å². The van der Waals surface area contributed by atoms with Gasteiger partial charge in [-0.1, -0.05) is 34.1 Å². The van der Waals surface area contributed by atoms with Gasteiger partial charge in [0.25, 0.3) is 0 Å². The third-order valence-electron chi connectivity index (χ3n) is 4.29. The van der Waals surface area contributed by atoms with Crippen molar-refractivity contribution in [3.05, 3.63) is 59.1 Å². The Balaban J connectivity index is 1.69. The highest BCUT2D eigenvalue weighted by Crippen LogP contribution is 2.17. The Morgan fingerprint density at radius 3 is 2.37 bits per heavy atom. The molecule has 0 saturated carbocycles. The van der Waals surface area contributed by atoms with Crippen LogP contribution in [0.15, 0.2) is 64.2 Å². The Bertz CT molecular complexity index is 772. The van der Waals surface area contributed by atoms with E-state index in [1.165, 1.54) is 5.69 Å². The van der Waals surface area contributed by atoms with Crippen LogP contribution in [-0.4, -0.2) is 49.5 Å². The van der Waals surface area contributed by atoms with Crippen molar-refractivity contribution in [3.63, 3.8) is 0 Å². The van der Waals surface area contributed by atoms with Gasteiger partial charge in [0.15, 0.2) is 0 Å². The van der Waals surface area contributed by atoms with Crippen LogP contribution >= 0.6 is 15.9 Å². The van der Waals surface area contributed by atoms with Gasteiger partial charge in [-0.2, -0.15) is 0 Å². The molecule has 0 bridgehead atoms. The number of benzene rings is 2. The lowest BCUT2D eigenvalue weighted by atomic mass is 10.2. The smallest absolute Gasteiger partial charge is 0.375 e. The molecule has 0 aromatic heterocycles. The highest BCUT2D eigenvalue weighted by molar-refractivity contribution is 9.10. The number of ether oxygens (including phenoxy) is 1. The summed E-state index contributed by atoms with van der Waals surface area (Å²) in [4.78, 5) is 16.7. The predicted octanol–water partition coefficient (Wildman–Crippen LogP) is 3.56. The third kappa shape index (κ3) is 5.23. The molecule has 27 heavy (non-hydrogen) atoms. The number of piperazine rings is 1. The first-order chi connectivity index (χ1) is 13.2. The van der Waals surface area contributed by atoms with Crippen molar-refractivity contribution in [1.29, 1.82) is 0 Å². The molecule has 1 N–H and O–H groups in total. The van der Waals surface area contributed by atoms with Gasteiger partial charge in [0.1, 0.15) is 0 Å². The summed E-state index contributed by atoms with van der Waals surface area (Å²) in [6.45, 7) is 5.16. The monoisotopic (exact) mass is 430 g/mol. The molecule has 2 aromatic rings. The van der Waals surface area contributed by atoms with Crippen molar-refractivity contribution in [2.45, 2.75) is 6.92 Å². The minimum absolute atomic E-state index is 0.312.